The van der Waals surface area contributed by atoms with Crippen LogP contribution in [0.5, 0.6) is 5.75 Å². The Morgan fingerprint density at radius 1 is 1.17 bits per heavy atom. The van der Waals surface area contributed by atoms with E-state index in [-0.39, 0.29) is 17.8 Å². The molecule has 0 fully saturated rings. The zero-order valence-corrected chi connectivity index (χ0v) is 14.9. The number of hydrogen-bond acceptors (Lipinski definition) is 3. The first-order chi connectivity index (χ1) is 11.4. The molecule has 1 atom stereocenters. The first-order valence-electron chi connectivity index (χ1n) is 8.32. The van der Waals surface area contributed by atoms with E-state index < -0.39 is 0 Å². The Morgan fingerprint density at radius 3 is 2.50 bits per heavy atom. The van der Waals surface area contributed by atoms with E-state index in [0.717, 1.165) is 17.1 Å². The van der Waals surface area contributed by atoms with Crippen LogP contribution in [0, 0.1) is 11.3 Å². The van der Waals surface area contributed by atoms with Crippen molar-refractivity contribution in [2.24, 2.45) is 11.3 Å². The average Bonchev–Trinajstić information content (AvgIpc) is 2.72. The third-order valence-electron chi connectivity index (χ3n) is 4.30. The second-order valence-electron chi connectivity index (χ2n) is 6.72. The maximum atomic E-state index is 10.9. The zero-order chi connectivity index (χ0) is 17.6. The molecule has 0 aromatic heterocycles. The van der Waals surface area contributed by atoms with E-state index in [2.05, 4.69) is 39.0 Å². The Kier molecular flexibility index (Phi) is 6.16. The quantitative estimate of drug-likeness (QED) is 0.719. The molecule has 24 heavy (non-hydrogen) atoms. The molecule has 0 saturated carbocycles. The lowest BCUT2D eigenvalue weighted by atomic mass is 9.79. The van der Waals surface area contributed by atoms with E-state index >= 15 is 0 Å². The van der Waals surface area contributed by atoms with Gasteiger partial charge in [-0.1, -0.05) is 51.1 Å². The summed E-state index contributed by atoms with van der Waals surface area (Å²) in [5.74, 6) is 2.15. The molecule has 1 aromatic rings. The van der Waals surface area contributed by atoms with Gasteiger partial charge in [0.25, 0.3) is 0 Å². The van der Waals surface area contributed by atoms with Gasteiger partial charge in [0, 0.05) is 5.41 Å². The van der Waals surface area contributed by atoms with Gasteiger partial charge in [0.15, 0.2) is 5.78 Å². The first kappa shape index (κ1) is 18.2. The summed E-state index contributed by atoms with van der Waals surface area (Å²) >= 11 is 0. The van der Waals surface area contributed by atoms with Crippen molar-refractivity contribution in [3.63, 3.8) is 0 Å². The molecule has 1 aliphatic carbocycles. The monoisotopic (exact) mass is 326 g/mol. The van der Waals surface area contributed by atoms with Crippen LogP contribution in [0.25, 0.3) is 0 Å². The molecule has 0 radical (unpaired) electrons. The zero-order valence-electron chi connectivity index (χ0n) is 14.9. The Labute approximate surface area is 144 Å². The van der Waals surface area contributed by atoms with Gasteiger partial charge in [-0.25, -0.2) is 0 Å². The van der Waals surface area contributed by atoms with Gasteiger partial charge in [-0.15, -0.1) is 0 Å². The lowest BCUT2D eigenvalue weighted by molar-refractivity contribution is -0.121. The third kappa shape index (κ3) is 5.20. The van der Waals surface area contributed by atoms with Crippen LogP contribution >= 0.6 is 0 Å². The van der Waals surface area contributed by atoms with Gasteiger partial charge in [0.05, 0.1) is 6.61 Å². The van der Waals surface area contributed by atoms with Crippen LogP contribution in [0.1, 0.15) is 33.3 Å². The van der Waals surface area contributed by atoms with Crippen molar-refractivity contribution in [1.29, 1.82) is 0 Å². The highest BCUT2D eigenvalue weighted by atomic mass is 16.5. The molecular formula is C21H26O3. The second-order valence-corrected chi connectivity index (χ2v) is 6.72. The van der Waals surface area contributed by atoms with E-state index in [1.165, 1.54) is 6.92 Å². The van der Waals surface area contributed by atoms with Gasteiger partial charge < -0.3 is 9.47 Å². The number of rotatable bonds is 7. The van der Waals surface area contributed by atoms with Crippen molar-refractivity contribution in [2.75, 3.05) is 6.61 Å². The number of hydrogen-bond donors (Lipinski definition) is 0. The standard InChI is InChI=1S/C21H26O3/c1-16(2)21(4)12-5-6-19(11-13-21)24-20-9-7-18(8-10-20)15-23-14-17(3)22/h5-13,16H,14-15H2,1-4H3. The number of ketones is 1. The van der Waals surface area contributed by atoms with Crippen molar-refractivity contribution in [3.8, 4) is 5.75 Å². The summed E-state index contributed by atoms with van der Waals surface area (Å²) in [7, 11) is 0. The van der Waals surface area contributed by atoms with Crippen LogP contribution < -0.4 is 4.74 Å². The number of ether oxygens (including phenoxy) is 2. The van der Waals surface area contributed by atoms with Crippen molar-refractivity contribution >= 4 is 5.78 Å². The van der Waals surface area contributed by atoms with E-state index in [1.54, 1.807) is 0 Å². The van der Waals surface area contributed by atoms with Crippen LogP contribution in [0.4, 0.5) is 0 Å². The van der Waals surface area contributed by atoms with Crippen molar-refractivity contribution in [1.82, 2.24) is 0 Å². The fraction of sp³-hybridized carbons (Fsp3) is 0.381. The lowest BCUT2D eigenvalue weighted by Crippen LogP contribution is -2.17. The van der Waals surface area contributed by atoms with Gasteiger partial charge in [-0.05, 0) is 42.7 Å². The van der Waals surface area contributed by atoms with Crippen LogP contribution in [0.3, 0.4) is 0 Å². The fourth-order valence-electron chi connectivity index (χ4n) is 2.28. The largest absolute Gasteiger partial charge is 0.457 e. The summed E-state index contributed by atoms with van der Waals surface area (Å²) in [6, 6.07) is 7.73. The second kappa shape index (κ2) is 8.11. The molecule has 0 saturated heterocycles. The number of allylic oxidation sites excluding steroid dienone is 5. The van der Waals surface area contributed by atoms with Gasteiger partial charge >= 0.3 is 0 Å². The minimum Gasteiger partial charge on any atom is -0.457 e. The van der Waals surface area contributed by atoms with E-state index in [0.29, 0.717) is 12.5 Å². The van der Waals surface area contributed by atoms with Crippen LogP contribution in [-0.2, 0) is 16.1 Å². The minimum absolute atomic E-state index is 0.0310. The smallest absolute Gasteiger partial charge is 0.155 e. The summed E-state index contributed by atoms with van der Waals surface area (Å²) < 4.78 is 11.2. The number of Topliss-reactive ketones (excluding diaryl/α,β-unsaturated/α-hetero) is 1. The summed E-state index contributed by atoms with van der Waals surface area (Å²) in [6.45, 7) is 8.75. The Morgan fingerprint density at radius 2 is 1.88 bits per heavy atom. The fourth-order valence-corrected chi connectivity index (χ4v) is 2.28. The Bertz CT molecular complexity index is 650. The van der Waals surface area contributed by atoms with Crippen molar-refractivity contribution in [2.45, 2.75) is 34.3 Å². The van der Waals surface area contributed by atoms with E-state index in [1.807, 2.05) is 36.4 Å². The molecule has 2 rings (SSSR count). The number of benzene rings is 1. The molecule has 1 unspecified atom stereocenters. The van der Waals surface area contributed by atoms with Crippen LogP contribution in [-0.4, -0.2) is 12.4 Å². The van der Waals surface area contributed by atoms with Gasteiger partial charge in [-0.3, -0.25) is 4.79 Å². The molecule has 0 amide bonds. The molecular weight excluding hydrogens is 300 g/mol. The van der Waals surface area contributed by atoms with Crippen LogP contribution in [0.15, 0.2) is 60.4 Å². The highest BCUT2D eigenvalue weighted by Crippen LogP contribution is 2.32. The molecule has 0 spiro atoms. The maximum absolute atomic E-state index is 10.9. The number of carbonyl (C=O) groups excluding carboxylic acids is 1. The predicted molar refractivity (Wildman–Crippen MR) is 96.7 cm³/mol. The molecule has 0 aliphatic heterocycles. The van der Waals surface area contributed by atoms with Crippen molar-refractivity contribution in [3.05, 3.63) is 66.0 Å². The summed E-state index contributed by atoms with van der Waals surface area (Å²) in [5.41, 5.74) is 1.06. The number of carbonyl (C=O) groups is 1. The van der Waals surface area contributed by atoms with E-state index in [4.69, 9.17) is 9.47 Å². The predicted octanol–water partition coefficient (Wildman–Crippen LogP) is 4.84. The van der Waals surface area contributed by atoms with Gasteiger partial charge in [0.1, 0.15) is 18.1 Å². The molecule has 1 aliphatic rings. The minimum atomic E-state index is 0.0310. The molecule has 1 aromatic carbocycles. The topological polar surface area (TPSA) is 35.5 Å². The highest BCUT2D eigenvalue weighted by molar-refractivity contribution is 5.76. The molecule has 128 valence electrons. The van der Waals surface area contributed by atoms with E-state index in [9.17, 15) is 4.79 Å². The summed E-state index contributed by atoms with van der Waals surface area (Å²) in [5, 5.41) is 0. The third-order valence-corrected chi connectivity index (χ3v) is 4.30. The van der Waals surface area contributed by atoms with Gasteiger partial charge in [-0.2, -0.15) is 0 Å². The van der Waals surface area contributed by atoms with Crippen LogP contribution in [0.2, 0.25) is 0 Å². The average molecular weight is 326 g/mol. The Hall–Kier alpha value is -2.13. The summed E-state index contributed by atoms with van der Waals surface area (Å²) in [4.78, 5) is 10.9. The lowest BCUT2D eigenvalue weighted by Gasteiger charge is -2.26. The van der Waals surface area contributed by atoms with Crippen molar-refractivity contribution < 1.29 is 14.3 Å². The first-order valence-corrected chi connectivity index (χ1v) is 8.32. The molecule has 0 heterocycles. The maximum Gasteiger partial charge on any atom is 0.155 e. The Balaban J connectivity index is 1.96. The summed E-state index contributed by atoms with van der Waals surface area (Å²) in [6.07, 6.45) is 10.5. The molecule has 0 bridgehead atoms. The highest BCUT2D eigenvalue weighted by Gasteiger charge is 2.22. The molecule has 0 N–H and O–H groups in total. The van der Waals surface area contributed by atoms with Gasteiger partial charge in [0.2, 0.25) is 0 Å². The molecule has 3 heteroatoms. The molecule has 3 nitrogen and oxygen atoms in total. The normalized spacial score (nSPS) is 20.0. The SMILES string of the molecule is CC(=O)COCc1ccc(OC2=CC=CC(C)(C(C)C)C=C2)cc1.